The number of imide groups is 2. The number of hydrogen-bond acceptors (Lipinski definition) is 5. The van der Waals surface area contributed by atoms with Gasteiger partial charge in [0.05, 0.1) is 5.69 Å². The summed E-state index contributed by atoms with van der Waals surface area (Å²) in [5.41, 5.74) is 7.47. The average molecular weight is 680 g/mol. The van der Waals surface area contributed by atoms with Gasteiger partial charge in [0.1, 0.15) is 17.9 Å². The molecule has 0 spiro atoms. The number of hydrogen-bond donors (Lipinski definition) is 1. The summed E-state index contributed by atoms with van der Waals surface area (Å²) in [7, 11) is 0. The van der Waals surface area contributed by atoms with Gasteiger partial charge < -0.3 is 9.64 Å². The molecule has 0 unspecified atom stereocenters. The molecule has 248 valence electrons. The van der Waals surface area contributed by atoms with Crippen LogP contribution in [0.4, 0.5) is 16.2 Å². The Balaban J connectivity index is 1.20. The van der Waals surface area contributed by atoms with Crippen molar-refractivity contribution in [2.45, 2.75) is 31.3 Å². The predicted octanol–water partition coefficient (Wildman–Crippen LogP) is 8.46. The maximum absolute atomic E-state index is 14.3. The minimum Gasteiger partial charge on any atom is -0.488 e. The molecule has 3 heterocycles. The van der Waals surface area contributed by atoms with E-state index in [0.717, 1.165) is 47.5 Å². The molecule has 8 heteroatoms. The average Bonchev–Trinajstić information content (AvgIpc) is 3.14. The van der Waals surface area contributed by atoms with E-state index in [1.165, 1.54) is 22.9 Å². The van der Waals surface area contributed by atoms with Crippen LogP contribution in [-0.2, 0) is 16.2 Å². The third-order valence-corrected chi connectivity index (χ3v) is 10.1. The molecule has 0 bridgehead atoms. The summed E-state index contributed by atoms with van der Waals surface area (Å²) in [5, 5.41) is 3.06. The maximum Gasteiger partial charge on any atom is 0.335 e. The van der Waals surface area contributed by atoms with E-state index in [0.29, 0.717) is 22.0 Å². The van der Waals surface area contributed by atoms with Crippen molar-refractivity contribution >= 4 is 46.9 Å². The summed E-state index contributed by atoms with van der Waals surface area (Å²) in [6.07, 6.45) is 3.32. The standard InChI is InChI=1S/C42H34ClN3O4/c43-31-17-15-27(16-18-31)26-50-38-14-8-7-13-30(38)23-37-40(47)44-42(49)46(41(37)48)32-24-35-33(28-9-3-1-4-10-28)19-21-45-22-20-34(36(25-32)39(35)45)29-11-5-2-6-12-29/h1-18,23-25,33-34H,19-22,26H2,(H,44,47,49)/b37-23+/t33-,34-/m1/s1. The Kier molecular flexibility index (Phi) is 8.43. The third-order valence-electron chi connectivity index (χ3n) is 9.89. The number of carbonyl (C=O) groups is 3. The summed E-state index contributed by atoms with van der Waals surface area (Å²) < 4.78 is 6.11. The molecule has 1 saturated heterocycles. The van der Waals surface area contributed by atoms with E-state index in [2.05, 4.69) is 34.5 Å². The highest BCUT2D eigenvalue weighted by molar-refractivity contribution is 6.39. The first-order chi connectivity index (χ1) is 24.4. The Morgan fingerprint density at radius 2 is 1.32 bits per heavy atom. The van der Waals surface area contributed by atoms with Crippen molar-refractivity contribution in [3.8, 4) is 5.75 Å². The van der Waals surface area contributed by atoms with Crippen LogP contribution in [0.2, 0.25) is 5.02 Å². The number of barbiturate groups is 1. The molecule has 2 atom stereocenters. The number of rotatable bonds is 7. The van der Waals surface area contributed by atoms with Gasteiger partial charge in [-0.15, -0.1) is 0 Å². The Morgan fingerprint density at radius 3 is 1.94 bits per heavy atom. The molecule has 5 aromatic rings. The van der Waals surface area contributed by atoms with E-state index >= 15 is 0 Å². The molecule has 3 aliphatic heterocycles. The Labute approximate surface area is 295 Å². The molecule has 8 rings (SSSR count). The Bertz CT molecular complexity index is 2060. The minimum atomic E-state index is -0.771. The van der Waals surface area contributed by atoms with Gasteiger partial charge in [-0.2, -0.15) is 0 Å². The fourth-order valence-corrected chi connectivity index (χ4v) is 7.62. The minimum absolute atomic E-state index is 0.0833. The number of urea groups is 1. The zero-order valence-corrected chi connectivity index (χ0v) is 28.0. The lowest BCUT2D eigenvalue weighted by Gasteiger charge is -2.44. The first kappa shape index (κ1) is 31.6. The Hall–Kier alpha value is -5.66. The molecule has 3 aliphatic rings. The van der Waals surface area contributed by atoms with Gasteiger partial charge in [-0.1, -0.05) is 103 Å². The molecule has 1 N–H and O–H groups in total. The van der Waals surface area contributed by atoms with Crippen molar-refractivity contribution in [3.63, 3.8) is 0 Å². The van der Waals surface area contributed by atoms with Crippen molar-refractivity contribution < 1.29 is 19.1 Å². The number of para-hydroxylation sites is 1. The molecule has 0 aliphatic carbocycles. The van der Waals surface area contributed by atoms with E-state index in [-0.39, 0.29) is 24.0 Å². The van der Waals surface area contributed by atoms with Crippen LogP contribution in [0.15, 0.2) is 127 Å². The number of amides is 4. The fraction of sp³-hybridized carbons (Fsp3) is 0.167. The molecular formula is C42H34ClN3O4. The van der Waals surface area contributed by atoms with Crippen LogP contribution >= 0.6 is 11.6 Å². The topological polar surface area (TPSA) is 79.0 Å². The van der Waals surface area contributed by atoms with Crippen LogP contribution < -0.4 is 19.9 Å². The quantitative estimate of drug-likeness (QED) is 0.138. The zero-order valence-electron chi connectivity index (χ0n) is 27.2. The number of halogens is 1. The number of nitrogens with zero attached hydrogens (tertiary/aromatic N) is 2. The van der Waals surface area contributed by atoms with Gasteiger partial charge in [0.15, 0.2) is 0 Å². The number of nitrogens with one attached hydrogen (secondary N) is 1. The lowest BCUT2D eigenvalue weighted by atomic mass is 9.76. The molecule has 0 aromatic heterocycles. The fourth-order valence-electron chi connectivity index (χ4n) is 7.49. The van der Waals surface area contributed by atoms with Crippen LogP contribution in [0, 0.1) is 0 Å². The lowest BCUT2D eigenvalue weighted by molar-refractivity contribution is -0.122. The van der Waals surface area contributed by atoms with Gasteiger partial charge in [-0.05, 0) is 77.1 Å². The van der Waals surface area contributed by atoms with E-state index in [9.17, 15) is 14.4 Å². The number of anilines is 2. The second-order valence-electron chi connectivity index (χ2n) is 12.9. The highest BCUT2D eigenvalue weighted by atomic mass is 35.5. The van der Waals surface area contributed by atoms with E-state index in [1.807, 2.05) is 72.8 Å². The molecule has 0 saturated carbocycles. The molecule has 0 radical (unpaired) electrons. The van der Waals surface area contributed by atoms with Crippen LogP contribution in [0.3, 0.4) is 0 Å². The summed E-state index contributed by atoms with van der Waals surface area (Å²) in [5.74, 6) is -0.776. The van der Waals surface area contributed by atoms with E-state index < -0.39 is 17.8 Å². The highest BCUT2D eigenvalue weighted by Gasteiger charge is 2.40. The van der Waals surface area contributed by atoms with E-state index in [1.54, 1.807) is 24.3 Å². The lowest BCUT2D eigenvalue weighted by Crippen LogP contribution is -2.54. The molecule has 1 fully saturated rings. The summed E-state index contributed by atoms with van der Waals surface area (Å²) in [4.78, 5) is 44.8. The van der Waals surface area contributed by atoms with Gasteiger partial charge in [-0.25, -0.2) is 9.69 Å². The first-order valence-corrected chi connectivity index (χ1v) is 17.2. The summed E-state index contributed by atoms with van der Waals surface area (Å²) in [6, 6.07) is 38.5. The number of benzene rings is 5. The van der Waals surface area contributed by atoms with E-state index in [4.69, 9.17) is 16.3 Å². The van der Waals surface area contributed by atoms with Gasteiger partial charge in [0.25, 0.3) is 11.8 Å². The predicted molar refractivity (Wildman–Crippen MR) is 196 cm³/mol. The first-order valence-electron chi connectivity index (χ1n) is 16.8. The monoisotopic (exact) mass is 679 g/mol. The van der Waals surface area contributed by atoms with Crippen LogP contribution in [0.1, 0.15) is 58.1 Å². The molecular weight excluding hydrogens is 646 g/mol. The van der Waals surface area contributed by atoms with Crippen molar-refractivity contribution in [1.29, 1.82) is 0 Å². The van der Waals surface area contributed by atoms with Crippen LogP contribution in [-0.4, -0.2) is 30.9 Å². The summed E-state index contributed by atoms with van der Waals surface area (Å²) in [6.45, 7) is 2.11. The normalized spacial score (nSPS) is 19.3. The van der Waals surface area contributed by atoms with Gasteiger partial charge in [0, 0.05) is 41.2 Å². The van der Waals surface area contributed by atoms with Crippen LogP contribution in [0.25, 0.3) is 6.08 Å². The van der Waals surface area contributed by atoms with Gasteiger partial charge in [-0.3, -0.25) is 14.9 Å². The van der Waals surface area contributed by atoms with Gasteiger partial charge in [0.2, 0.25) is 0 Å². The highest BCUT2D eigenvalue weighted by Crippen LogP contribution is 2.50. The van der Waals surface area contributed by atoms with Gasteiger partial charge >= 0.3 is 6.03 Å². The number of ether oxygens (including phenoxy) is 1. The molecule has 5 aromatic carbocycles. The second-order valence-corrected chi connectivity index (χ2v) is 13.3. The van der Waals surface area contributed by atoms with Crippen molar-refractivity contribution in [3.05, 3.63) is 165 Å². The number of carbonyl (C=O) groups excluding carboxylic acids is 3. The summed E-state index contributed by atoms with van der Waals surface area (Å²) >= 11 is 6.04. The SMILES string of the molecule is O=C1NC(=O)N(c2cc3c4c(c2)[C@@H](c2ccccc2)CCN4CC[C@@H]3c2ccccc2)C(=O)/C1=C/c1ccccc1OCc1ccc(Cl)cc1. The third kappa shape index (κ3) is 5.94. The van der Waals surface area contributed by atoms with Crippen molar-refractivity contribution in [1.82, 2.24) is 5.32 Å². The Morgan fingerprint density at radius 1 is 0.740 bits per heavy atom. The zero-order chi connectivity index (χ0) is 34.2. The maximum atomic E-state index is 14.3. The second kappa shape index (κ2) is 13.3. The molecule has 4 amide bonds. The van der Waals surface area contributed by atoms with Crippen LogP contribution in [0.5, 0.6) is 5.75 Å². The smallest absolute Gasteiger partial charge is 0.335 e. The van der Waals surface area contributed by atoms with Crippen molar-refractivity contribution in [2.24, 2.45) is 0 Å². The molecule has 7 nitrogen and oxygen atoms in total. The van der Waals surface area contributed by atoms with Crippen molar-refractivity contribution in [2.75, 3.05) is 22.9 Å². The largest absolute Gasteiger partial charge is 0.488 e. The molecule has 50 heavy (non-hydrogen) atoms.